The fraction of sp³-hybridized carbons (Fsp3) is 0.125. The van der Waals surface area contributed by atoms with Gasteiger partial charge in [0.15, 0.2) is 0 Å². The summed E-state index contributed by atoms with van der Waals surface area (Å²) in [5.41, 5.74) is 6.54. The van der Waals surface area contributed by atoms with E-state index < -0.39 is 11.1 Å². The molecule has 1 aliphatic rings. The van der Waals surface area contributed by atoms with Crippen molar-refractivity contribution in [1.29, 1.82) is 0 Å². The van der Waals surface area contributed by atoms with Crippen LogP contribution >= 0.6 is 23.4 Å². The van der Waals surface area contributed by atoms with Crippen LogP contribution in [0.25, 0.3) is 0 Å². The maximum absolute atomic E-state index is 13.2. The van der Waals surface area contributed by atoms with Crippen LogP contribution < -0.4 is 10.6 Å². The minimum absolute atomic E-state index is 0.0862. The quantitative estimate of drug-likeness (QED) is 0.680. The molecule has 1 saturated heterocycles. The van der Waals surface area contributed by atoms with Crippen molar-refractivity contribution in [3.05, 3.63) is 53.3 Å². The molecule has 7 heteroatoms. The summed E-state index contributed by atoms with van der Waals surface area (Å²) in [4.78, 5) is 26.6. The lowest BCUT2D eigenvalue weighted by molar-refractivity contribution is -0.121. The molecule has 118 valence electrons. The van der Waals surface area contributed by atoms with Crippen LogP contribution in [-0.2, 0) is 9.59 Å². The van der Waals surface area contributed by atoms with Gasteiger partial charge in [-0.05, 0) is 42.5 Å². The van der Waals surface area contributed by atoms with E-state index in [1.54, 1.807) is 24.3 Å². The molecule has 2 N–H and O–H groups in total. The summed E-state index contributed by atoms with van der Waals surface area (Å²) in [5.74, 6) is -1.26. The summed E-state index contributed by atoms with van der Waals surface area (Å²) in [7, 11) is 0. The molecule has 2 aromatic carbocycles. The van der Waals surface area contributed by atoms with E-state index in [0.29, 0.717) is 5.69 Å². The maximum Gasteiger partial charge on any atom is 0.247 e. The minimum Gasteiger partial charge on any atom is -0.399 e. The number of nitrogen functional groups attached to an aromatic ring is 1. The Morgan fingerprint density at radius 2 is 1.87 bits per heavy atom. The van der Waals surface area contributed by atoms with Gasteiger partial charge in [0.1, 0.15) is 5.82 Å². The average Bonchev–Trinajstić information content (AvgIpc) is 2.79. The second kappa shape index (κ2) is 6.22. The van der Waals surface area contributed by atoms with Crippen molar-refractivity contribution in [3.63, 3.8) is 0 Å². The third kappa shape index (κ3) is 3.18. The Bertz CT molecular complexity index is 782. The van der Waals surface area contributed by atoms with E-state index in [1.165, 1.54) is 23.9 Å². The zero-order chi connectivity index (χ0) is 16.6. The van der Waals surface area contributed by atoms with Crippen LogP contribution in [0.4, 0.5) is 15.8 Å². The van der Waals surface area contributed by atoms with E-state index >= 15 is 0 Å². The number of carbonyl (C=O) groups is 2. The van der Waals surface area contributed by atoms with Crippen molar-refractivity contribution < 1.29 is 14.0 Å². The number of nitrogens with zero attached hydrogens (tertiary/aromatic N) is 1. The average molecular weight is 351 g/mol. The lowest BCUT2D eigenvalue weighted by atomic mass is 10.3. The SMILES string of the molecule is Nc1ccc(SC2CC(=O)N(c3ccc(F)c(Cl)c3)C2=O)cc1. The largest absolute Gasteiger partial charge is 0.399 e. The van der Waals surface area contributed by atoms with E-state index in [-0.39, 0.29) is 28.9 Å². The molecule has 1 fully saturated rings. The van der Waals surface area contributed by atoms with Gasteiger partial charge in [0, 0.05) is 17.0 Å². The summed E-state index contributed by atoms with van der Waals surface area (Å²) in [6, 6.07) is 10.9. The highest BCUT2D eigenvalue weighted by Crippen LogP contribution is 2.35. The number of rotatable bonds is 3. The Morgan fingerprint density at radius 3 is 2.52 bits per heavy atom. The highest BCUT2D eigenvalue weighted by molar-refractivity contribution is 8.00. The van der Waals surface area contributed by atoms with Gasteiger partial charge in [-0.2, -0.15) is 0 Å². The molecule has 3 rings (SSSR count). The summed E-state index contributed by atoms with van der Waals surface area (Å²) in [5, 5.41) is -0.646. The van der Waals surface area contributed by atoms with Crippen molar-refractivity contribution in [2.75, 3.05) is 10.6 Å². The van der Waals surface area contributed by atoms with Crippen molar-refractivity contribution in [1.82, 2.24) is 0 Å². The molecule has 0 radical (unpaired) electrons. The van der Waals surface area contributed by atoms with Crippen LogP contribution in [0.2, 0.25) is 5.02 Å². The van der Waals surface area contributed by atoms with Gasteiger partial charge in [0.05, 0.1) is 16.0 Å². The van der Waals surface area contributed by atoms with Crippen molar-refractivity contribution >= 4 is 46.6 Å². The fourth-order valence-corrected chi connectivity index (χ4v) is 3.53. The van der Waals surface area contributed by atoms with Crippen LogP contribution in [0.3, 0.4) is 0 Å². The predicted octanol–water partition coefficient (Wildman–Crippen LogP) is 3.49. The van der Waals surface area contributed by atoms with Crippen molar-refractivity contribution in [2.45, 2.75) is 16.6 Å². The molecule has 0 aliphatic carbocycles. The first-order chi connectivity index (χ1) is 11.0. The van der Waals surface area contributed by atoms with Crippen LogP contribution in [0.5, 0.6) is 0 Å². The Morgan fingerprint density at radius 1 is 1.17 bits per heavy atom. The Hall–Kier alpha value is -2.05. The second-order valence-corrected chi connectivity index (χ2v) is 6.73. The van der Waals surface area contributed by atoms with E-state index in [2.05, 4.69) is 0 Å². The van der Waals surface area contributed by atoms with Gasteiger partial charge in [0.2, 0.25) is 11.8 Å². The first-order valence-electron chi connectivity index (χ1n) is 6.80. The molecule has 0 spiro atoms. The fourth-order valence-electron chi connectivity index (χ4n) is 2.30. The lowest BCUT2D eigenvalue weighted by Gasteiger charge is -2.15. The lowest BCUT2D eigenvalue weighted by Crippen LogP contribution is -2.31. The topological polar surface area (TPSA) is 63.4 Å². The van der Waals surface area contributed by atoms with Crippen LogP contribution in [0.15, 0.2) is 47.4 Å². The zero-order valence-electron chi connectivity index (χ0n) is 11.8. The summed E-state index contributed by atoms with van der Waals surface area (Å²) in [6.07, 6.45) is 0.0862. The monoisotopic (exact) mass is 350 g/mol. The summed E-state index contributed by atoms with van der Waals surface area (Å²) >= 11 is 7.03. The number of anilines is 2. The molecule has 1 atom stereocenters. The van der Waals surface area contributed by atoms with Gasteiger partial charge in [-0.15, -0.1) is 11.8 Å². The first-order valence-corrected chi connectivity index (χ1v) is 8.05. The minimum atomic E-state index is -0.595. The van der Waals surface area contributed by atoms with Crippen LogP contribution in [-0.4, -0.2) is 17.1 Å². The van der Waals surface area contributed by atoms with Gasteiger partial charge in [0.25, 0.3) is 0 Å². The van der Waals surface area contributed by atoms with E-state index in [4.69, 9.17) is 17.3 Å². The van der Waals surface area contributed by atoms with Crippen molar-refractivity contribution in [2.24, 2.45) is 0 Å². The predicted molar refractivity (Wildman–Crippen MR) is 89.0 cm³/mol. The number of amides is 2. The van der Waals surface area contributed by atoms with E-state index in [0.717, 1.165) is 15.9 Å². The molecule has 1 aliphatic heterocycles. The molecular formula is C16H12ClFN2O2S. The number of hydrogen-bond donors (Lipinski definition) is 1. The van der Waals surface area contributed by atoms with Gasteiger partial charge in [-0.1, -0.05) is 11.6 Å². The number of halogens is 2. The van der Waals surface area contributed by atoms with Crippen LogP contribution in [0.1, 0.15) is 6.42 Å². The standard InChI is InChI=1S/C16H12ClFN2O2S/c17-12-7-10(3-6-13(12)18)20-15(21)8-14(16(20)22)23-11-4-1-9(19)2-5-11/h1-7,14H,8,19H2. The smallest absolute Gasteiger partial charge is 0.247 e. The number of thioether (sulfide) groups is 1. The number of benzene rings is 2. The van der Waals surface area contributed by atoms with Crippen LogP contribution in [0, 0.1) is 5.82 Å². The van der Waals surface area contributed by atoms with Gasteiger partial charge in [-0.25, -0.2) is 9.29 Å². The molecular weight excluding hydrogens is 339 g/mol. The number of imide groups is 1. The number of nitrogens with two attached hydrogens (primary N) is 1. The number of hydrogen-bond acceptors (Lipinski definition) is 4. The highest BCUT2D eigenvalue weighted by Gasteiger charge is 2.40. The van der Waals surface area contributed by atoms with E-state index in [9.17, 15) is 14.0 Å². The van der Waals surface area contributed by atoms with Gasteiger partial charge < -0.3 is 5.73 Å². The second-order valence-electron chi connectivity index (χ2n) is 5.05. The third-order valence-electron chi connectivity index (χ3n) is 3.43. The molecule has 2 aromatic rings. The summed E-state index contributed by atoms with van der Waals surface area (Å²) in [6.45, 7) is 0. The van der Waals surface area contributed by atoms with E-state index in [1.807, 2.05) is 0 Å². The molecule has 0 aromatic heterocycles. The molecule has 1 unspecified atom stereocenters. The Kier molecular flexibility index (Phi) is 4.28. The third-order valence-corrected chi connectivity index (χ3v) is 4.91. The molecule has 2 amide bonds. The Labute approximate surface area is 141 Å². The molecule has 0 saturated carbocycles. The van der Waals surface area contributed by atoms with Gasteiger partial charge >= 0.3 is 0 Å². The molecule has 4 nitrogen and oxygen atoms in total. The first kappa shape index (κ1) is 15.8. The molecule has 23 heavy (non-hydrogen) atoms. The van der Waals surface area contributed by atoms with Crippen molar-refractivity contribution in [3.8, 4) is 0 Å². The normalized spacial score (nSPS) is 17.8. The zero-order valence-corrected chi connectivity index (χ0v) is 13.4. The molecule has 1 heterocycles. The molecule has 0 bridgehead atoms. The highest BCUT2D eigenvalue weighted by atomic mass is 35.5. The van der Waals surface area contributed by atoms with Gasteiger partial charge in [-0.3, -0.25) is 9.59 Å². The maximum atomic E-state index is 13.2. The summed E-state index contributed by atoms with van der Waals surface area (Å²) < 4.78 is 13.2. The number of carbonyl (C=O) groups excluding carboxylic acids is 2. The Balaban J connectivity index is 1.82.